The zero-order chi connectivity index (χ0) is 18.4. The maximum absolute atomic E-state index is 12.7. The summed E-state index contributed by atoms with van der Waals surface area (Å²) in [4.78, 5) is 37.8. The van der Waals surface area contributed by atoms with Crippen molar-refractivity contribution in [3.8, 4) is 0 Å². The highest BCUT2D eigenvalue weighted by Crippen LogP contribution is 2.22. The highest BCUT2D eigenvalue weighted by molar-refractivity contribution is 6.19. The Morgan fingerprint density at radius 1 is 1.28 bits per heavy atom. The van der Waals surface area contributed by atoms with E-state index in [1.807, 2.05) is 6.92 Å². The molecule has 2 rings (SSSR count). The summed E-state index contributed by atoms with van der Waals surface area (Å²) < 4.78 is 5.59. The molecule has 1 aliphatic heterocycles. The molecule has 1 aromatic rings. The SMILES string of the molecule is [B]CC(=O)N1CCOC1CCCC(C)C(=O)c1ccccc1C(C)=O. The molecule has 0 aliphatic carbocycles. The molecule has 1 fully saturated rings. The molecule has 5 nitrogen and oxygen atoms in total. The average molecular weight is 341 g/mol. The van der Waals surface area contributed by atoms with Crippen LogP contribution < -0.4 is 0 Å². The third-order valence-corrected chi connectivity index (χ3v) is 4.59. The van der Waals surface area contributed by atoms with Crippen LogP contribution in [0.25, 0.3) is 0 Å². The molecular formula is C19H24BNO4. The second-order valence-electron chi connectivity index (χ2n) is 6.41. The largest absolute Gasteiger partial charge is 0.356 e. The highest BCUT2D eigenvalue weighted by atomic mass is 16.5. The Bertz CT molecular complexity index is 646. The van der Waals surface area contributed by atoms with E-state index in [1.54, 1.807) is 29.2 Å². The number of rotatable bonds is 8. The van der Waals surface area contributed by atoms with Crippen LogP contribution in [0.5, 0.6) is 0 Å². The minimum atomic E-state index is -0.247. The number of carbonyl (C=O) groups is 3. The average Bonchev–Trinajstić information content (AvgIpc) is 3.08. The summed E-state index contributed by atoms with van der Waals surface area (Å²) in [5.74, 6) is -0.429. The van der Waals surface area contributed by atoms with Gasteiger partial charge in [0.15, 0.2) is 11.6 Å². The molecule has 0 aromatic heterocycles. The van der Waals surface area contributed by atoms with Gasteiger partial charge >= 0.3 is 0 Å². The monoisotopic (exact) mass is 341 g/mol. The van der Waals surface area contributed by atoms with Crippen molar-refractivity contribution >= 4 is 25.3 Å². The van der Waals surface area contributed by atoms with Crippen molar-refractivity contribution < 1.29 is 19.1 Å². The number of ether oxygens (including phenoxy) is 1. The Balaban J connectivity index is 1.90. The van der Waals surface area contributed by atoms with E-state index >= 15 is 0 Å². The summed E-state index contributed by atoms with van der Waals surface area (Å²) in [6, 6.07) is 6.93. The molecule has 1 aromatic carbocycles. The molecule has 0 saturated carbocycles. The van der Waals surface area contributed by atoms with Crippen LogP contribution in [0.15, 0.2) is 24.3 Å². The van der Waals surface area contributed by atoms with Crippen LogP contribution in [0.4, 0.5) is 0 Å². The van der Waals surface area contributed by atoms with Crippen molar-refractivity contribution in [1.29, 1.82) is 0 Å². The van der Waals surface area contributed by atoms with Crippen LogP contribution in [0.3, 0.4) is 0 Å². The minimum Gasteiger partial charge on any atom is -0.356 e. The van der Waals surface area contributed by atoms with E-state index in [-0.39, 0.29) is 35.9 Å². The second-order valence-corrected chi connectivity index (χ2v) is 6.41. The van der Waals surface area contributed by atoms with Crippen molar-refractivity contribution in [2.45, 2.75) is 45.7 Å². The number of carbonyl (C=O) groups excluding carboxylic acids is 3. The van der Waals surface area contributed by atoms with Gasteiger partial charge in [0.05, 0.1) is 14.5 Å². The number of Topliss-reactive ketones (excluding diaryl/α,β-unsaturated/α-hetero) is 2. The molecule has 1 heterocycles. The lowest BCUT2D eigenvalue weighted by Crippen LogP contribution is -2.35. The molecule has 2 radical (unpaired) electrons. The molecule has 0 bridgehead atoms. The molecule has 1 aliphatic rings. The normalized spacial score (nSPS) is 18.2. The Hall–Kier alpha value is -1.95. The summed E-state index contributed by atoms with van der Waals surface area (Å²) >= 11 is 0. The van der Waals surface area contributed by atoms with Crippen molar-refractivity contribution in [2.75, 3.05) is 13.2 Å². The summed E-state index contributed by atoms with van der Waals surface area (Å²) in [6.07, 6.45) is 1.85. The standard InChI is InChI=1S/C19H24BNO4/c1-13(19(24)16-8-4-3-7-15(16)14(2)22)6-5-9-18-21(10-11-25-18)17(23)12-20/h3-4,7-8,13,18H,5-6,9-12H2,1-2H3. The molecule has 0 spiro atoms. The van der Waals surface area contributed by atoms with Crippen LogP contribution in [0, 0.1) is 5.92 Å². The number of amides is 1. The van der Waals surface area contributed by atoms with Crippen LogP contribution in [-0.2, 0) is 9.53 Å². The lowest BCUT2D eigenvalue weighted by molar-refractivity contribution is -0.133. The lowest BCUT2D eigenvalue weighted by atomic mass is 9.90. The Kier molecular flexibility index (Phi) is 6.94. The molecule has 6 heteroatoms. The fourth-order valence-corrected chi connectivity index (χ4v) is 3.16. The van der Waals surface area contributed by atoms with Crippen molar-refractivity contribution in [3.63, 3.8) is 0 Å². The Morgan fingerprint density at radius 2 is 1.96 bits per heavy atom. The summed E-state index contributed by atoms with van der Waals surface area (Å²) in [6.45, 7) is 4.44. The predicted molar refractivity (Wildman–Crippen MR) is 95.8 cm³/mol. The van der Waals surface area contributed by atoms with Gasteiger partial charge in [-0.25, -0.2) is 0 Å². The first-order valence-electron chi connectivity index (χ1n) is 8.71. The summed E-state index contributed by atoms with van der Waals surface area (Å²) in [5.41, 5.74) is 0.956. The summed E-state index contributed by atoms with van der Waals surface area (Å²) in [7, 11) is 5.41. The topological polar surface area (TPSA) is 63.7 Å². The molecule has 0 N–H and O–H groups in total. The third kappa shape index (κ3) is 4.79. The van der Waals surface area contributed by atoms with Crippen molar-refractivity contribution in [1.82, 2.24) is 4.90 Å². The van der Waals surface area contributed by atoms with E-state index in [9.17, 15) is 14.4 Å². The number of nitrogens with zero attached hydrogens (tertiary/aromatic N) is 1. The van der Waals surface area contributed by atoms with E-state index in [2.05, 4.69) is 0 Å². The maximum atomic E-state index is 12.7. The van der Waals surface area contributed by atoms with E-state index in [1.165, 1.54) is 6.92 Å². The van der Waals surface area contributed by atoms with Crippen LogP contribution in [0.1, 0.15) is 53.8 Å². The van der Waals surface area contributed by atoms with E-state index in [0.717, 1.165) is 6.42 Å². The van der Waals surface area contributed by atoms with Crippen LogP contribution in [-0.4, -0.2) is 49.6 Å². The fraction of sp³-hybridized carbons (Fsp3) is 0.526. The van der Waals surface area contributed by atoms with Gasteiger partial charge in [0.1, 0.15) is 6.23 Å². The first kappa shape index (κ1) is 19.4. The number of hydrogen-bond donors (Lipinski definition) is 0. The summed E-state index contributed by atoms with van der Waals surface area (Å²) in [5, 5.41) is 0. The predicted octanol–water partition coefficient (Wildman–Crippen LogP) is 2.65. The Labute approximate surface area is 150 Å². The fourth-order valence-electron chi connectivity index (χ4n) is 3.16. The molecule has 1 saturated heterocycles. The zero-order valence-corrected chi connectivity index (χ0v) is 14.9. The molecule has 2 atom stereocenters. The van der Waals surface area contributed by atoms with Gasteiger partial charge in [-0.2, -0.15) is 0 Å². The number of benzene rings is 1. The number of hydrogen-bond acceptors (Lipinski definition) is 4. The smallest absolute Gasteiger partial charge is 0.216 e. The quantitative estimate of drug-likeness (QED) is 0.539. The Morgan fingerprint density at radius 3 is 2.60 bits per heavy atom. The van der Waals surface area contributed by atoms with Crippen molar-refractivity contribution in [2.24, 2.45) is 5.92 Å². The van der Waals surface area contributed by atoms with Crippen molar-refractivity contribution in [3.05, 3.63) is 35.4 Å². The maximum Gasteiger partial charge on any atom is 0.216 e. The number of ketones is 2. The molecule has 1 amide bonds. The van der Waals surface area contributed by atoms with Gasteiger partial charge < -0.3 is 9.64 Å². The lowest BCUT2D eigenvalue weighted by Gasteiger charge is -2.23. The minimum absolute atomic E-state index is 0.0173. The van der Waals surface area contributed by atoms with Gasteiger partial charge in [-0.3, -0.25) is 14.4 Å². The van der Waals surface area contributed by atoms with E-state index < -0.39 is 0 Å². The van der Waals surface area contributed by atoms with E-state index in [4.69, 9.17) is 12.6 Å². The second kappa shape index (κ2) is 8.95. The van der Waals surface area contributed by atoms with E-state index in [0.29, 0.717) is 37.1 Å². The molecule has 2 unspecified atom stereocenters. The molecule has 132 valence electrons. The first-order valence-corrected chi connectivity index (χ1v) is 8.71. The van der Waals surface area contributed by atoms with Gasteiger partial charge in [-0.05, 0) is 32.5 Å². The van der Waals surface area contributed by atoms with Crippen LogP contribution >= 0.6 is 0 Å². The van der Waals surface area contributed by atoms with Gasteiger partial charge in [-0.1, -0.05) is 31.2 Å². The van der Waals surface area contributed by atoms with Crippen LogP contribution in [0.2, 0.25) is 6.32 Å². The zero-order valence-electron chi connectivity index (χ0n) is 14.9. The van der Waals surface area contributed by atoms with Gasteiger partial charge in [0.2, 0.25) is 5.91 Å². The first-order chi connectivity index (χ1) is 12.0. The van der Waals surface area contributed by atoms with Gasteiger partial charge in [0.25, 0.3) is 0 Å². The van der Waals surface area contributed by atoms with Gasteiger partial charge in [-0.15, -0.1) is 0 Å². The molecular weight excluding hydrogens is 317 g/mol. The molecule has 25 heavy (non-hydrogen) atoms. The highest BCUT2D eigenvalue weighted by Gasteiger charge is 2.28. The van der Waals surface area contributed by atoms with Gasteiger partial charge in [0, 0.05) is 23.6 Å². The third-order valence-electron chi connectivity index (χ3n) is 4.59.